The minimum absolute atomic E-state index is 0.0749. The Bertz CT molecular complexity index is 1120. The van der Waals surface area contributed by atoms with Gasteiger partial charge in [-0.15, -0.1) is 5.10 Å². The van der Waals surface area contributed by atoms with Gasteiger partial charge in [-0.25, -0.2) is 4.68 Å². The molecule has 9 heteroatoms. The zero-order valence-electron chi connectivity index (χ0n) is 17.3. The van der Waals surface area contributed by atoms with Crippen LogP contribution < -0.4 is 4.74 Å². The highest BCUT2D eigenvalue weighted by atomic mass is 35.5. The van der Waals surface area contributed by atoms with Crippen molar-refractivity contribution in [2.24, 2.45) is 0 Å². The van der Waals surface area contributed by atoms with Crippen molar-refractivity contribution in [1.29, 1.82) is 0 Å². The normalized spacial score (nSPS) is 13.9. The van der Waals surface area contributed by atoms with Crippen molar-refractivity contribution in [3.63, 3.8) is 0 Å². The molecule has 0 unspecified atom stereocenters. The zero-order valence-corrected chi connectivity index (χ0v) is 18.0. The molecule has 160 valence electrons. The van der Waals surface area contributed by atoms with Crippen LogP contribution in [0.5, 0.6) is 5.75 Å². The first-order valence-electron chi connectivity index (χ1n) is 9.89. The Morgan fingerprint density at radius 2 is 1.65 bits per heavy atom. The molecule has 31 heavy (non-hydrogen) atoms. The maximum atomic E-state index is 13.0. The van der Waals surface area contributed by atoms with Crippen molar-refractivity contribution < 1.29 is 14.3 Å². The number of methoxy groups -OCH3 is 1. The van der Waals surface area contributed by atoms with Crippen LogP contribution in [0.3, 0.4) is 0 Å². The third-order valence-electron chi connectivity index (χ3n) is 5.32. The summed E-state index contributed by atoms with van der Waals surface area (Å²) in [4.78, 5) is 29.3. The van der Waals surface area contributed by atoms with Gasteiger partial charge in [0.25, 0.3) is 11.8 Å². The lowest BCUT2D eigenvalue weighted by Gasteiger charge is -2.34. The van der Waals surface area contributed by atoms with Crippen LogP contribution in [0.1, 0.15) is 26.5 Å². The number of aromatic nitrogens is 3. The number of hydrogen-bond acceptors (Lipinski definition) is 5. The van der Waals surface area contributed by atoms with Gasteiger partial charge in [-0.1, -0.05) is 28.9 Å². The van der Waals surface area contributed by atoms with E-state index >= 15 is 0 Å². The van der Waals surface area contributed by atoms with Gasteiger partial charge in [0.05, 0.1) is 18.5 Å². The Hall–Kier alpha value is -3.39. The fourth-order valence-electron chi connectivity index (χ4n) is 3.58. The van der Waals surface area contributed by atoms with Gasteiger partial charge in [0.15, 0.2) is 5.69 Å². The van der Waals surface area contributed by atoms with E-state index in [1.165, 1.54) is 0 Å². The average Bonchev–Trinajstić information content (AvgIpc) is 3.19. The van der Waals surface area contributed by atoms with Crippen molar-refractivity contribution in [2.45, 2.75) is 6.92 Å². The van der Waals surface area contributed by atoms with E-state index in [9.17, 15) is 9.59 Å². The maximum absolute atomic E-state index is 13.0. The van der Waals surface area contributed by atoms with Crippen molar-refractivity contribution >= 4 is 23.4 Å². The number of piperazine rings is 1. The molecule has 1 aliphatic rings. The lowest BCUT2D eigenvalue weighted by Crippen LogP contribution is -2.50. The van der Waals surface area contributed by atoms with Crippen molar-refractivity contribution in [3.8, 4) is 11.4 Å². The quantitative estimate of drug-likeness (QED) is 0.624. The second-order valence-corrected chi connectivity index (χ2v) is 7.67. The Labute approximate surface area is 185 Å². The van der Waals surface area contributed by atoms with Crippen LogP contribution in [0.4, 0.5) is 0 Å². The highest BCUT2D eigenvalue weighted by Crippen LogP contribution is 2.19. The summed E-state index contributed by atoms with van der Waals surface area (Å²) in [5, 5.41) is 8.81. The summed E-state index contributed by atoms with van der Waals surface area (Å²) in [5.74, 6) is 0.367. The van der Waals surface area contributed by atoms with Gasteiger partial charge in [0.2, 0.25) is 0 Å². The third kappa shape index (κ3) is 4.25. The molecule has 3 aromatic rings. The van der Waals surface area contributed by atoms with Crippen LogP contribution in [-0.4, -0.2) is 69.9 Å². The number of carbonyl (C=O) groups is 2. The average molecular weight is 440 g/mol. The fourth-order valence-corrected chi connectivity index (χ4v) is 3.77. The molecule has 2 heterocycles. The monoisotopic (exact) mass is 439 g/mol. The summed E-state index contributed by atoms with van der Waals surface area (Å²) in [5.41, 5.74) is 2.25. The molecule has 8 nitrogen and oxygen atoms in total. The van der Waals surface area contributed by atoms with Crippen LogP contribution >= 0.6 is 11.6 Å². The van der Waals surface area contributed by atoms with Gasteiger partial charge in [0, 0.05) is 36.8 Å². The molecule has 0 aliphatic carbocycles. The summed E-state index contributed by atoms with van der Waals surface area (Å²) >= 11 is 6.06. The van der Waals surface area contributed by atoms with Crippen LogP contribution in [-0.2, 0) is 0 Å². The molecular weight excluding hydrogens is 418 g/mol. The molecular formula is C22H22ClN5O3. The van der Waals surface area contributed by atoms with Gasteiger partial charge in [-0.05, 0) is 43.3 Å². The van der Waals surface area contributed by atoms with Gasteiger partial charge in [0.1, 0.15) is 5.75 Å². The molecule has 0 spiro atoms. The molecule has 1 aliphatic heterocycles. The molecule has 1 aromatic heterocycles. The largest absolute Gasteiger partial charge is 0.497 e. The van der Waals surface area contributed by atoms with Gasteiger partial charge >= 0.3 is 0 Å². The smallest absolute Gasteiger partial charge is 0.276 e. The molecule has 0 saturated carbocycles. The first-order chi connectivity index (χ1) is 15.0. The summed E-state index contributed by atoms with van der Waals surface area (Å²) in [7, 11) is 1.57. The Balaban J connectivity index is 1.43. The number of hydrogen-bond donors (Lipinski definition) is 0. The Morgan fingerprint density at radius 3 is 2.32 bits per heavy atom. The molecule has 0 N–H and O–H groups in total. The van der Waals surface area contributed by atoms with E-state index < -0.39 is 0 Å². The predicted molar refractivity (Wildman–Crippen MR) is 116 cm³/mol. The number of benzene rings is 2. The first kappa shape index (κ1) is 20.9. The van der Waals surface area contributed by atoms with E-state index in [4.69, 9.17) is 16.3 Å². The van der Waals surface area contributed by atoms with Crippen molar-refractivity contribution in [2.75, 3.05) is 33.3 Å². The van der Waals surface area contributed by atoms with E-state index in [0.717, 1.165) is 5.69 Å². The van der Waals surface area contributed by atoms with Crippen LogP contribution in [0.25, 0.3) is 5.69 Å². The van der Waals surface area contributed by atoms with Crippen molar-refractivity contribution in [3.05, 3.63) is 70.5 Å². The standard InChI is InChI=1S/C22H22ClN5O3/c1-15-20(24-25-28(15)18-7-4-6-17(23)14-18)22(30)27-11-9-26(10-12-27)21(29)16-5-3-8-19(13-16)31-2/h3-8,13-14H,9-12H2,1-2H3. The molecule has 1 fully saturated rings. The molecule has 0 atom stereocenters. The SMILES string of the molecule is COc1cccc(C(=O)N2CCN(C(=O)c3nnn(-c4cccc(Cl)c4)c3C)CC2)c1. The number of amides is 2. The van der Waals surface area contributed by atoms with Crippen LogP contribution in [0.15, 0.2) is 48.5 Å². The van der Waals surface area contributed by atoms with E-state index in [1.807, 2.05) is 12.1 Å². The Kier molecular flexibility index (Phi) is 5.90. The minimum atomic E-state index is -0.195. The summed E-state index contributed by atoms with van der Waals surface area (Å²) < 4.78 is 6.79. The second-order valence-electron chi connectivity index (χ2n) is 7.23. The fraction of sp³-hybridized carbons (Fsp3) is 0.273. The van der Waals surface area contributed by atoms with Gasteiger partial charge in [-0.3, -0.25) is 9.59 Å². The number of halogens is 1. The van der Waals surface area contributed by atoms with E-state index in [2.05, 4.69) is 10.3 Å². The number of ether oxygens (including phenoxy) is 1. The molecule has 0 radical (unpaired) electrons. The summed E-state index contributed by atoms with van der Waals surface area (Å²) in [6, 6.07) is 14.3. The summed E-state index contributed by atoms with van der Waals surface area (Å²) in [6.45, 7) is 3.55. The topological polar surface area (TPSA) is 80.6 Å². The summed E-state index contributed by atoms with van der Waals surface area (Å²) in [6.07, 6.45) is 0. The maximum Gasteiger partial charge on any atom is 0.276 e. The van der Waals surface area contributed by atoms with Crippen LogP contribution in [0, 0.1) is 6.92 Å². The van der Waals surface area contributed by atoms with E-state index in [-0.39, 0.29) is 11.8 Å². The molecule has 2 amide bonds. The molecule has 2 aromatic carbocycles. The zero-order chi connectivity index (χ0) is 22.0. The molecule has 0 bridgehead atoms. The van der Waals surface area contributed by atoms with Crippen LogP contribution in [0.2, 0.25) is 5.02 Å². The van der Waals surface area contributed by atoms with Crippen molar-refractivity contribution in [1.82, 2.24) is 24.8 Å². The highest BCUT2D eigenvalue weighted by Gasteiger charge is 2.28. The lowest BCUT2D eigenvalue weighted by molar-refractivity contribution is 0.0531. The second kappa shape index (κ2) is 8.77. The van der Waals surface area contributed by atoms with Gasteiger partial charge < -0.3 is 14.5 Å². The predicted octanol–water partition coefficient (Wildman–Crippen LogP) is 2.84. The first-order valence-corrected chi connectivity index (χ1v) is 10.3. The minimum Gasteiger partial charge on any atom is -0.497 e. The third-order valence-corrected chi connectivity index (χ3v) is 5.56. The lowest BCUT2D eigenvalue weighted by atomic mass is 10.1. The van der Waals surface area contributed by atoms with E-state index in [1.54, 1.807) is 64.9 Å². The van der Waals surface area contributed by atoms with Gasteiger partial charge in [-0.2, -0.15) is 0 Å². The number of nitrogens with zero attached hydrogens (tertiary/aromatic N) is 5. The Morgan fingerprint density at radius 1 is 0.968 bits per heavy atom. The number of rotatable bonds is 4. The number of carbonyl (C=O) groups excluding carboxylic acids is 2. The molecule has 4 rings (SSSR count). The van der Waals surface area contributed by atoms with E-state index in [0.29, 0.717) is 53.9 Å². The highest BCUT2D eigenvalue weighted by molar-refractivity contribution is 6.30. The molecule has 1 saturated heterocycles.